The summed E-state index contributed by atoms with van der Waals surface area (Å²) in [6.45, 7) is 0. The van der Waals surface area contributed by atoms with E-state index in [1.807, 2.05) is 0 Å². The number of hydrogen-bond donors (Lipinski definition) is 1. The number of thiazole rings is 1. The second kappa shape index (κ2) is 6.32. The standard InChI is InChI=1S/C16H10F4N2O2S/c1-24-9-3-5-12-13(7-9)25-15(21-12)22-14(23)8-2-4-11(17)10(6-8)16(18,19)20/h2-7H,1H3,(H,21,22,23). The van der Waals surface area contributed by atoms with Crippen molar-refractivity contribution < 1.29 is 27.1 Å². The molecule has 0 atom stereocenters. The molecule has 1 aromatic heterocycles. The minimum Gasteiger partial charge on any atom is -0.497 e. The molecular weight excluding hydrogens is 360 g/mol. The molecule has 0 fully saturated rings. The lowest BCUT2D eigenvalue weighted by Crippen LogP contribution is -2.15. The Balaban J connectivity index is 1.87. The van der Waals surface area contributed by atoms with Gasteiger partial charge in [-0.05, 0) is 36.4 Å². The van der Waals surface area contributed by atoms with Crippen LogP contribution in [0.25, 0.3) is 10.2 Å². The van der Waals surface area contributed by atoms with E-state index in [9.17, 15) is 22.4 Å². The molecule has 3 aromatic rings. The Bertz CT molecular complexity index is 953. The average Bonchev–Trinajstić information content (AvgIpc) is 2.95. The summed E-state index contributed by atoms with van der Waals surface area (Å²) < 4.78 is 57.3. The third-order valence-electron chi connectivity index (χ3n) is 3.35. The number of methoxy groups -OCH3 is 1. The van der Waals surface area contributed by atoms with Crippen LogP contribution in [-0.4, -0.2) is 18.0 Å². The fourth-order valence-electron chi connectivity index (χ4n) is 2.14. The Labute approximate surface area is 143 Å². The lowest BCUT2D eigenvalue weighted by atomic mass is 10.1. The van der Waals surface area contributed by atoms with Crippen LogP contribution in [-0.2, 0) is 6.18 Å². The van der Waals surface area contributed by atoms with E-state index in [4.69, 9.17) is 4.74 Å². The Hall–Kier alpha value is -2.68. The van der Waals surface area contributed by atoms with Crippen molar-refractivity contribution >= 4 is 32.6 Å². The van der Waals surface area contributed by atoms with Gasteiger partial charge in [0.25, 0.3) is 5.91 Å². The highest BCUT2D eigenvalue weighted by Gasteiger charge is 2.34. The number of ether oxygens (including phenoxy) is 1. The van der Waals surface area contributed by atoms with Crippen molar-refractivity contribution in [3.63, 3.8) is 0 Å². The van der Waals surface area contributed by atoms with E-state index in [0.29, 0.717) is 23.4 Å². The monoisotopic (exact) mass is 370 g/mol. The van der Waals surface area contributed by atoms with Crippen LogP contribution < -0.4 is 10.1 Å². The minimum absolute atomic E-state index is 0.214. The first-order chi connectivity index (χ1) is 11.8. The van der Waals surface area contributed by atoms with Gasteiger partial charge in [-0.25, -0.2) is 9.37 Å². The highest BCUT2D eigenvalue weighted by molar-refractivity contribution is 7.22. The molecular formula is C16H10F4N2O2S. The van der Waals surface area contributed by atoms with Crippen LogP contribution in [0, 0.1) is 5.82 Å². The number of carbonyl (C=O) groups is 1. The average molecular weight is 370 g/mol. The van der Waals surface area contributed by atoms with Crippen molar-refractivity contribution in [2.75, 3.05) is 12.4 Å². The summed E-state index contributed by atoms with van der Waals surface area (Å²) >= 11 is 1.14. The lowest BCUT2D eigenvalue weighted by molar-refractivity contribution is -0.140. The molecule has 25 heavy (non-hydrogen) atoms. The van der Waals surface area contributed by atoms with Crippen LogP contribution in [0.2, 0.25) is 0 Å². The first-order valence-electron chi connectivity index (χ1n) is 6.90. The number of aromatic nitrogens is 1. The second-order valence-electron chi connectivity index (χ2n) is 5.00. The number of nitrogens with zero attached hydrogens (tertiary/aromatic N) is 1. The highest BCUT2D eigenvalue weighted by Crippen LogP contribution is 2.33. The molecule has 1 N–H and O–H groups in total. The summed E-state index contributed by atoms with van der Waals surface area (Å²) in [6, 6.07) is 7.18. The zero-order valence-electron chi connectivity index (χ0n) is 12.6. The summed E-state index contributed by atoms with van der Waals surface area (Å²) in [4.78, 5) is 16.3. The molecule has 1 amide bonds. The van der Waals surface area contributed by atoms with E-state index in [0.717, 1.165) is 22.1 Å². The van der Waals surface area contributed by atoms with E-state index in [1.54, 1.807) is 18.2 Å². The van der Waals surface area contributed by atoms with Crippen LogP contribution in [0.1, 0.15) is 15.9 Å². The summed E-state index contributed by atoms with van der Waals surface area (Å²) in [5.74, 6) is -1.63. The Kier molecular flexibility index (Phi) is 4.34. The number of hydrogen-bond acceptors (Lipinski definition) is 4. The molecule has 2 aromatic carbocycles. The molecule has 0 radical (unpaired) electrons. The summed E-state index contributed by atoms with van der Waals surface area (Å²) in [5, 5.41) is 2.64. The second-order valence-corrected chi connectivity index (χ2v) is 6.03. The molecule has 9 heteroatoms. The van der Waals surface area contributed by atoms with Crippen molar-refractivity contribution in [1.82, 2.24) is 4.98 Å². The number of benzene rings is 2. The topological polar surface area (TPSA) is 51.2 Å². The van der Waals surface area contributed by atoms with Crippen LogP contribution in [0.3, 0.4) is 0 Å². The molecule has 3 rings (SSSR count). The smallest absolute Gasteiger partial charge is 0.419 e. The van der Waals surface area contributed by atoms with Crippen LogP contribution in [0.4, 0.5) is 22.7 Å². The summed E-state index contributed by atoms with van der Waals surface area (Å²) in [7, 11) is 1.51. The van der Waals surface area contributed by atoms with Crippen LogP contribution in [0.15, 0.2) is 36.4 Å². The van der Waals surface area contributed by atoms with E-state index in [-0.39, 0.29) is 10.7 Å². The van der Waals surface area contributed by atoms with Gasteiger partial charge in [0.15, 0.2) is 5.13 Å². The zero-order valence-corrected chi connectivity index (χ0v) is 13.5. The van der Waals surface area contributed by atoms with Crippen LogP contribution in [0.5, 0.6) is 5.75 Å². The van der Waals surface area contributed by atoms with Gasteiger partial charge in [-0.1, -0.05) is 11.3 Å². The maximum Gasteiger partial charge on any atom is 0.419 e. The number of rotatable bonds is 3. The molecule has 4 nitrogen and oxygen atoms in total. The van der Waals surface area contributed by atoms with E-state index in [1.165, 1.54) is 7.11 Å². The van der Waals surface area contributed by atoms with Gasteiger partial charge in [-0.3, -0.25) is 10.1 Å². The summed E-state index contributed by atoms with van der Waals surface area (Å²) in [5.41, 5.74) is -1.20. The maximum atomic E-state index is 13.3. The largest absolute Gasteiger partial charge is 0.497 e. The first-order valence-corrected chi connectivity index (χ1v) is 7.72. The number of carbonyl (C=O) groups excluding carboxylic acids is 1. The van der Waals surface area contributed by atoms with Crippen LogP contribution >= 0.6 is 11.3 Å². The van der Waals surface area contributed by atoms with Gasteiger partial charge in [-0.2, -0.15) is 13.2 Å². The quantitative estimate of drug-likeness (QED) is 0.679. The number of halogens is 4. The van der Waals surface area contributed by atoms with Gasteiger partial charge < -0.3 is 4.74 Å². The number of amides is 1. The number of fused-ring (bicyclic) bond motifs is 1. The molecule has 130 valence electrons. The predicted molar refractivity (Wildman–Crippen MR) is 85.5 cm³/mol. The summed E-state index contributed by atoms with van der Waals surface area (Å²) in [6.07, 6.45) is -4.88. The van der Waals surface area contributed by atoms with E-state index < -0.39 is 23.5 Å². The van der Waals surface area contributed by atoms with Gasteiger partial charge in [0.1, 0.15) is 11.6 Å². The van der Waals surface area contributed by atoms with Gasteiger partial charge in [0, 0.05) is 5.56 Å². The molecule has 0 bridgehead atoms. The predicted octanol–water partition coefficient (Wildman–Crippen LogP) is 4.72. The Morgan fingerprint density at radius 3 is 2.64 bits per heavy atom. The van der Waals surface area contributed by atoms with Crippen molar-refractivity contribution in [3.8, 4) is 5.75 Å². The van der Waals surface area contributed by atoms with Gasteiger partial charge in [0.2, 0.25) is 0 Å². The van der Waals surface area contributed by atoms with Crippen molar-refractivity contribution in [2.24, 2.45) is 0 Å². The third-order valence-corrected chi connectivity index (χ3v) is 4.28. The van der Waals surface area contributed by atoms with Crippen molar-refractivity contribution in [3.05, 3.63) is 53.3 Å². The Morgan fingerprint density at radius 1 is 1.20 bits per heavy atom. The molecule has 0 saturated carbocycles. The molecule has 0 spiro atoms. The number of nitrogens with one attached hydrogen (secondary N) is 1. The number of alkyl halides is 3. The lowest BCUT2D eigenvalue weighted by Gasteiger charge is -2.09. The minimum atomic E-state index is -4.88. The van der Waals surface area contributed by atoms with Crippen molar-refractivity contribution in [1.29, 1.82) is 0 Å². The highest BCUT2D eigenvalue weighted by atomic mass is 32.1. The number of anilines is 1. The molecule has 0 saturated heterocycles. The van der Waals surface area contributed by atoms with Gasteiger partial charge in [0.05, 0.1) is 22.9 Å². The third kappa shape index (κ3) is 3.55. The van der Waals surface area contributed by atoms with E-state index in [2.05, 4.69) is 10.3 Å². The maximum absolute atomic E-state index is 13.3. The molecule has 1 heterocycles. The molecule has 0 unspecified atom stereocenters. The van der Waals surface area contributed by atoms with E-state index >= 15 is 0 Å². The van der Waals surface area contributed by atoms with Gasteiger partial charge >= 0.3 is 6.18 Å². The normalized spacial score (nSPS) is 11.6. The fourth-order valence-corrected chi connectivity index (χ4v) is 3.03. The molecule has 0 aliphatic rings. The zero-order chi connectivity index (χ0) is 18.2. The molecule has 0 aliphatic heterocycles. The van der Waals surface area contributed by atoms with Crippen molar-refractivity contribution in [2.45, 2.75) is 6.18 Å². The van der Waals surface area contributed by atoms with Gasteiger partial charge in [-0.15, -0.1) is 0 Å². The first kappa shape index (κ1) is 17.2. The SMILES string of the molecule is COc1ccc2nc(NC(=O)c3ccc(F)c(C(F)(F)F)c3)sc2c1. The fraction of sp³-hybridized carbons (Fsp3) is 0.125. The molecule has 0 aliphatic carbocycles. The Morgan fingerprint density at radius 2 is 1.96 bits per heavy atom.